The number of aliphatic hydroxyl groups is 1. The minimum Gasteiger partial charge on any atom is -0.384 e. The smallest absolute Gasteiger partial charge is 0.278 e. The second-order valence-corrected chi connectivity index (χ2v) is 12.5. The number of hydrogen-bond acceptors (Lipinski definition) is 7. The Morgan fingerprint density at radius 1 is 1.09 bits per heavy atom. The third-order valence-electron chi connectivity index (χ3n) is 8.88. The van der Waals surface area contributed by atoms with Crippen LogP contribution in [0.3, 0.4) is 0 Å². The fourth-order valence-electron chi connectivity index (χ4n) is 6.44. The van der Waals surface area contributed by atoms with Crippen molar-refractivity contribution in [3.63, 3.8) is 0 Å². The maximum absolute atomic E-state index is 13.4. The molecule has 2 fully saturated rings. The van der Waals surface area contributed by atoms with E-state index in [4.69, 9.17) is 4.98 Å². The molecule has 0 radical (unpaired) electrons. The zero-order valence-corrected chi connectivity index (χ0v) is 25.0. The lowest BCUT2D eigenvalue weighted by molar-refractivity contribution is 0.0738. The molecule has 0 atom stereocenters. The van der Waals surface area contributed by atoms with Crippen molar-refractivity contribution < 1.29 is 5.11 Å². The van der Waals surface area contributed by atoms with Crippen LogP contribution in [0.2, 0.25) is 0 Å². The van der Waals surface area contributed by atoms with Crippen molar-refractivity contribution in [2.24, 2.45) is 7.05 Å². The molecule has 1 aliphatic heterocycles. The Bertz CT molecular complexity index is 1900. The van der Waals surface area contributed by atoms with Crippen LogP contribution in [-0.2, 0) is 19.2 Å². The van der Waals surface area contributed by atoms with Crippen molar-refractivity contribution in [3.8, 4) is 5.82 Å². The lowest BCUT2D eigenvalue weighted by Gasteiger charge is -2.32. The number of benzene rings is 1. The molecule has 0 amide bonds. The van der Waals surface area contributed by atoms with Crippen LogP contribution < -0.4 is 10.9 Å². The fourth-order valence-corrected chi connectivity index (χ4v) is 6.44. The third kappa shape index (κ3) is 5.04. The molecule has 2 aliphatic rings. The van der Waals surface area contributed by atoms with Crippen LogP contribution in [0.25, 0.3) is 27.8 Å². The molecular formula is C33H38N8O2. The molecule has 4 aromatic heterocycles. The SMILES string of the molecule is C=CCn1c(=O)c2cnc(Nc3cc(C4CCN(C5CC5)CC4)c4ccn(C)c4c3)nc2n1-c1cccc(C(C)(C)O)n1. The minimum atomic E-state index is -1.15. The first-order chi connectivity index (χ1) is 20.7. The van der Waals surface area contributed by atoms with Gasteiger partial charge in [0, 0.05) is 36.6 Å². The average Bonchev–Trinajstić information content (AvgIpc) is 3.73. The molecule has 2 N–H and O–H groups in total. The van der Waals surface area contributed by atoms with Gasteiger partial charge in [0.25, 0.3) is 5.56 Å². The Kier molecular flexibility index (Phi) is 6.70. The van der Waals surface area contributed by atoms with Crippen LogP contribution in [0.5, 0.6) is 0 Å². The Morgan fingerprint density at radius 2 is 1.88 bits per heavy atom. The summed E-state index contributed by atoms with van der Waals surface area (Å²) < 4.78 is 5.37. The summed E-state index contributed by atoms with van der Waals surface area (Å²) in [5.74, 6) is 1.36. The number of pyridine rings is 1. The number of likely N-dealkylation sites (tertiary alicyclic amines) is 1. The molecule has 5 heterocycles. The number of aromatic nitrogens is 6. The van der Waals surface area contributed by atoms with E-state index < -0.39 is 5.60 Å². The van der Waals surface area contributed by atoms with Crippen LogP contribution in [0, 0.1) is 0 Å². The molecule has 1 saturated carbocycles. The topological polar surface area (TPSA) is 106 Å². The quantitative estimate of drug-likeness (QED) is 0.251. The largest absolute Gasteiger partial charge is 0.384 e. The molecule has 0 spiro atoms. The summed E-state index contributed by atoms with van der Waals surface area (Å²) in [4.78, 5) is 30.2. The lowest BCUT2D eigenvalue weighted by Crippen LogP contribution is -2.34. The zero-order chi connectivity index (χ0) is 29.9. The van der Waals surface area contributed by atoms with Gasteiger partial charge in [0.15, 0.2) is 11.5 Å². The summed E-state index contributed by atoms with van der Waals surface area (Å²) in [6.45, 7) is 9.78. The number of allylic oxidation sites excluding steroid dienone is 1. The lowest BCUT2D eigenvalue weighted by atomic mass is 9.87. The first kappa shape index (κ1) is 27.5. The van der Waals surface area contributed by atoms with Gasteiger partial charge in [-0.05, 0) is 94.4 Å². The molecule has 7 rings (SSSR count). The van der Waals surface area contributed by atoms with Crippen molar-refractivity contribution in [2.45, 2.75) is 63.6 Å². The molecule has 1 aromatic carbocycles. The number of nitrogens with one attached hydrogen (secondary N) is 1. The van der Waals surface area contributed by atoms with E-state index in [1.54, 1.807) is 42.9 Å². The summed E-state index contributed by atoms with van der Waals surface area (Å²) >= 11 is 0. The van der Waals surface area contributed by atoms with Gasteiger partial charge in [0.1, 0.15) is 11.0 Å². The predicted octanol–water partition coefficient (Wildman–Crippen LogP) is 4.97. The van der Waals surface area contributed by atoms with E-state index in [9.17, 15) is 9.90 Å². The number of piperidine rings is 1. The minimum absolute atomic E-state index is 0.234. The highest BCUT2D eigenvalue weighted by atomic mass is 16.3. The van der Waals surface area contributed by atoms with Crippen molar-refractivity contribution >= 4 is 33.6 Å². The van der Waals surface area contributed by atoms with Crippen LogP contribution >= 0.6 is 0 Å². The summed E-state index contributed by atoms with van der Waals surface area (Å²) in [6.07, 6.45) is 10.4. The van der Waals surface area contributed by atoms with Gasteiger partial charge in [0.2, 0.25) is 5.95 Å². The van der Waals surface area contributed by atoms with Gasteiger partial charge in [-0.1, -0.05) is 12.1 Å². The number of aryl methyl sites for hydroxylation is 1. The maximum Gasteiger partial charge on any atom is 0.278 e. The van der Waals surface area contributed by atoms with E-state index in [-0.39, 0.29) is 12.1 Å². The molecule has 1 saturated heterocycles. The number of rotatable bonds is 8. The molecule has 222 valence electrons. The third-order valence-corrected chi connectivity index (χ3v) is 8.88. The van der Waals surface area contributed by atoms with E-state index >= 15 is 0 Å². The number of anilines is 2. The van der Waals surface area contributed by atoms with Crippen molar-refractivity contribution in [2.75, 3.05) is 18.4 Å². The fraction of sp³-hybridized carbons (Fsp3) is 0.394. The first-order valence-corrected chi connectivity index (χ1v) is 15.1. The molecule has 10 nitrogen and oxygen atoms in total. The van der Waals surface area contributed by atoms with Crippen molar-refractivity contribution in [1.82, 2.24) is 33.8 Å². The normalized spacial score (nSPS) is 16.7. The van der Waals surface area contributed by atoms with Crippen LogP contribution in [-0.4, -0.2) is 58.0 Å². The number of nitrogens with zero attached hydrogens (tertiary/aromatic N) is 7. The van der Waals surface area contributed by atoms with Crippen LogP contribution in [0.1, 0.15) is 56.7 Å². The Balaban J connectivity index is 1.28. The van der Waals surface area contributed by atoms with Crippen LogP contribution in [0.4, 0.5) is 11.6 Å². The van der Waals surface area contributed by atoms with Crippen molar-refractivity contribution in [1.29, 1.82) is 0 Å². The molecule has 5 aromatic rings. The monoisotopic (exact) mass is 578 g/mol. The van der Waals surface area contributed by atoms with Gasteiger partial charge in [-0.2, -0.15) is 4.98 Å². The molecule has 0 bridgehead atoms. The van der Waals surface area contributed by atoms with E-state index in [0.717, 1.165) is 43.2 Å². The van der Waals surface area contributed by atoms with Gasteiger partial charge < -0.3 is 19.9 Å². The number of fused-ring (bicyclic) bond motifs is 2. The summed E-state index contributed by atoms with van der Waals surface area (Å²) in [5.41, 5.74) is 2.97. The van der Waals surface area contributed by atoms with E-state index in [1.807, 2.05) is 6.07 Å². The van der Waals surface area contributed by atoms with E-state index in [1.165, 1.54) is 28.5 Å². The van der Waals surface area contributed by atoms with E-state index in [2.05, 4.69) is 62.8 Å². The van der Waals surface area contributed by atoms with Gasteiger partial charge in [-0.15, -0.1) is 6.58 Å². The second-order valence-electron chi connectivity index (χ2n) is 12.5. The van der Waals surface area contributed by atoms with Gasteiger partial charge >= 0.3 is 0 Å². The van der Waals surface area contributed by atoms with Gasteiger partial charge in [-0.3, -0.25) is 4.79 Å². The second kappa shape index (κ2) is 10.5. The summed E-state index contributed by atoms with van der Waals surface area (Å²) in [5, 5.41) is 15.7. The Morgan fingerprint density at radius 3 is 2.60 bits per heavy atom. The average molecular weight is 579 g/mol. The highest BCUT2D eigenvalue weighted by Gasteiger charge is 2.32. The van der Waals surface area contributed by atoms with Gasteiger partial charge in [0.05, 0.1) is 17.8 Å². The van der Waals surface area contributed by atoms with E-state index in [0.29, 0.717) is 34.4 Å². The number of hydrogen-bond donors (Lipinski definition) is 2. The molecule has 43 heavy (non-hydrogen) atoms. The zero-order valence-electron chi connectivity index (χ0n) is 25.0. The highest BCUT2D eigenvalue weighted by molar-refractivity contribution is 5.88. The highest BCUT2D eigenvalue weighted by Crippen LogP contribution is 2.39. The first-order valence-electron chi connectivity index (χ1n) is 15.1. The maximum atomic E-state index is 13.4. The summed E-state index contributed by atoms with van der Waals surface area (Å²) in [7, 11) is 2.07. The molecule has 1 aliphatic carbocycles. The Labute approximate surface area is 250 Å². The van der Waals surface area contributed by atoms with Crippen molar-refractivity contribution in [3.05, 3.63) is 83.1 Å². The standard InChI is InChI=1S/C33H38N8O2/c1-5-14-40-31(42)26-20-34-32(37-30(26)41(40)29-8-6-7-28(36-29)33(2,3)43)35-22-18-25(24-13-15-38(4)27(24)19-22)21-11-16-39(17-12-21)23-9-10-23/h5-8,13,15,18-21,23,43H,1,9-12,14,16-17H2,2-4H3,(H,34,35,37). The summed E-state index contributed by atoms with van der Waals surface area (Å²) in [6, 6.07) is 12.8. The van der Waals surface area contributed by atoms with Crippen LogP contribution in [0.15, 0.2) is 66.2 Å². The predicted molar refractivity (Wildman–Crippen MR) is 169 cm³/mol. The Hall–Kier alpha value is -4.28. The molecule has 10 heteroatoms. The molecule has 0 unspecified atom stereocenters. The molecular weight excluding hydrogens is 540 g/mol. The van der Waals surface area contributed by atoms with Gasteiger partial charge in [-0.25, -0.2) is 19.3 Å².